The summed E-state index contributed by atoms with van der Waals surface area (Å²) >= 11 is 2.04. The van der Waals surface area contributed by atoms with Crippen LogP contribution >= 0.6 is 11.8 Å². The van der Waals surface area contributed by atoms with Crippen LogP contribution in [0.3, 0.4) is 0 Å². The third-order valence-corrected chi connectivity index (χ3v) is 5.91. The Morgan fingerprint density at radius 2 is 2.35 bits per heavy atom. The minimum atomic E-state index is -0.599. The molecule has 0 amide bonds. The molecule has 17 heavy (non-hydrogen) atoms. The van der Waals surface area contributed by atoms with E-state index in [1.807, 2.05) is 18.7 Å². The minimum absolute atomic E-state index is 0.470. The van der Waals surface area contributed by atoms with Gasteiger partial charge in [-0.3, -0.25) is 9.69 Å². The van der Waals surface area contributed by atoms with E-state index in [1.54, 1.807) is 0 Å². The van der Waals surface area contributed by atoms with Crippen LogP contribution in [0.25, 0.3) is 0 Å². The van der Waals surface area contributed by atoms with Crippen LogP contribution < -0.4 is 0 Å². The first kappa shape index (κ1) is 13.2. The molecule has 0 aromatic rings. The molecule has 2 saturated heterocycles. The Labute approximate surface area is 108 Å². The van der Waals surface area contributed by atoms with Crippen LogP contribution in [0, 0.1) is 5.41 Å². The van der Waals surface area contributed by atoms with Gasteiger partial charge < -0.3 is 5.11 Å². The monoisotopic (exact) mass is 257 g/mol. The second kappa shape index (κ2) is 5.19. The van der Waals surface area contributed by atoms with E-state index < -0.39 is 11.4 Å². The molecule has 0 saturated carbocycles. The molecule has 2 rings (SSSR count). The third-order valence-electron chi connectivity index (χ3n) is 4.55. The summed E-state index contributed by atoms with van der Waals surface area (Å²) in [4.78, 5) is 13.9. The molecule has 0 aromatic heterocycles. The maximum atomic E-state index is 11.4. The van der Waals surface area contributed by atoms with Crippen molar-refractivity contribution < 1.29 is 9.90 Å². The van der Waals surface area contributed by atoms with Crippen molar-refractivity contribution >= 4 is 17.7 Å². The molecule has 3 unspecified atom stereocenters. The maximum absolute atomic E-state index is 11.4. The topological polar surface area (TPSA) is 40.5 Å². The summed E-state index contributed by atoms with van der Waals surface area (Å²) in [5.74, 6) is 0.669. The van der Waals surface area contributed by atoms with Crippen molar-refractivity contribution in [3.63, 3.8) is 0 Å². The maximum Gasteiger partial charge on any atom is 0.310 e. The van der Waals surface area contributed by atoms with Gasteiger partial charge in [0, 0.05) is 17.8 Å². The van der Waals surface area contributed by atoms with E-state index in [-0.39, 0.29) is 0 Å². The van der Waals surface area contributed by atoms with Gasteiger partial charge in [-0.15, -0.1) is 0 Å². The normalized spacial score (nSPS) is 39.4. The summed E-state index contributed by atoms with van der Waals surface area (Å²) in [6.45, 7) is 6.03. The van der Waals surface area contributed by atoms with Gasteiger partial charge in [-0.05, 0) is 38.0 Å². The first-order chi connectivity index (χ1) is 8.09. The van der Waals surface area contributed by atoms with Crippen molar-refractivity contribution in [2.75, 3.05) is 18.8 Å². The van der Waals surface area contributed by atoms with Gasteiger partial charge in [0.05, 0.1) is 5.41 Å². The highest BCUT2D eigenvalue weighted by molar-refractivity contribution is 7.99. The largest absolute Gasteiger partial charge is 0.481 e. The van der Waals surface area contributed by atoms with Crippen LogP contribution in [0.2, 0.25) is 0 Å². The highest BCUT2D eigenvalue weighted by atomic mass is 32.2. The SMILES string of the molecule is CCC1(C(=O)O)CCN(C2CCCSC2C)C1. The van der Waals surface area contributed by atoms with Gasteiger partial charge >= 0.3 is 5.97 Å². The number of thioether (sulfide) groups is 1. The Kier molecular flexibility index (Phi) is 4.03. The van der Waals surface area contributed by atoms with Crippen molar-refractivity contribution in [3.05, 3.63) is 0 Å². The molecule has 2 fully saturated rings. The second-order valence-corrected chi connectivity index (χ2v) is 6.93. The standard InChI is InChI=1S/C13H23NO2S/c1-3-13(12(15)16)6-7-14(9-13)11-5-4-8-17-10(11)2/h10-11H,3-9H2,1-2H3,(H,15,16). The highest BCUT2D eigenvalue weighted by Gasteiger charge is 2.45. The van der Waals surface area contributed by atoms with Crippen LogP contribution in [-0.2, 0) is 4.79 Å². The van der Waals surface area contributed by atoms with Crippen LogP contribution in [0.15, 0.2) is 0 Å². The summed E-state index contributed by atoms with van der Waals surface area (Å²) in [6, 6.07) is 0.599. The fraction of sp³-hybridized carbons (Fsp3) is 0.923. The van der Waals surface area contributed by atoms with Gasteiger partial charge in [-0.2, -0.15) is 11.8 Å². The van der Waals surface area contributed by atoms with Gasteiger partial charge in [0.15, 0.2) is 0 Å². The molecule has 0 aliphatic carbocycles. The molecule has 0 radical (unpaired) electrons. The molecule has 2 aliphatic heterocycles. The molecular formula is C13H23NO2S. The van der Waals surface area contributed by atoms with E-state index in [1.165, 1.54) is 18.6 Å². The van der Waals surface area contributed by atoms with Crippen molar-refractivity contribution in [2.45, 2.75) is 50.8 Å². The van der Waals surface area contributed by atoms with Crippen molar-refractivity contribution in [1.29, 1.82) is 0 Å². The van der Waals surface area contributed by atoms with Crippen LogP contribution in [0.1, 0.15) is 39.5 Å². The van der Waals surface area contributed by atoms with E-state index in [9.17, 15) is 9.90 Å². The van der Waals surface area contributed by atoms with Crippen molar-refractivity contribution in [1.82, 2.24) is 4.90 Å². The van der Waals surface area contributed by atoms with Gasteiger partial charge in [-0.1, -0.05) is 13.8 Å². The number of carboxylic acids is 1. The fourth-order valence-corrected chi connectivity index (χ4v) is 4.42. The van der Waals surface area contributed by atoms with Gasteiger partial charge in [0.2, 0.25) is 0 Å². The van der Waals surface area contributed by atoms with E-state index in [2.05, 4.69) is 11.8 Å². The first-order valence-corrected chi connectivity index (χ1v) is 7.73. The molecule has 1 N–H and O–H groups in total. The number of hydrogen-bond acceptors (Lipinski definition) is 3. The molecule has 0 bridgehead atoms. The van der Waals surface area contributed by atoms with Crippen LogP contribution in [-0.4, -0.2) is 46.1 Å². The zero-order chi connectivity index (χ0) is 12.5. The average Bonchev–Trinajstić information content (AvgIpc) is 2.75. The van der Waals surface area contributed by atoms with Gasteiger partial charge in [0.1, 0.15) is 0 Å². The zero-order valence-electron chi connectivity index (χ0n) is 10.8. The average molecular weight is 257 g/mol. The van der Waals surface area contributed by atoms with E-state index >= 15 is 0 Å². The summed E-state index contributed by atoms with van der Waals surface area (Å²) < 4.78 is 0. The lowest BCUT2D eigenvalue weighted by Gasteiger charge is -2.36. The van der Waals surface area contributed by atoms with Crippen molar-refractivity contribution in [3.8, 4) is 0 Å². The van der Waals surface area contributed by atoms with Crippen molar-refractivity contribution in [2.24, 2.45) is 5.41 Å². The number of likely N-dealkylation sites (tertiary alicyclic amines) is 1. The molecule has 4 heteroatoms. The lowest BCUT2D eigenvalue weighted by atomic mass is 9.84. The second-order valence-electron chi connectivity index (χ2n) is 5.44. The molecule has 0 spiro atoms. The summed E-state index contributed by atoms with van der Waals surface area (Å²) in [5.41, 5.74) is -0.470. The number of carbonyl (C=O) groups is 1. The Balaban J connectivity index is 2.03. The van der Waals surface area contributed by atoms with Crippen LogP contribution in [0.4, 0.5) is 0 Å². The quantitative estimate of drug-likeness (QED) is 0.843. The summed E-state index contributed by atoms with van der Waals surface area (Å²) in [7, 11) is 0. The molecule has 2 aliphatic rings. The summed E-state index contributed by atoms with van der Waals surface area (Å²) in [6.07, 6.45) is 4.11. The lowest BCUT2D eigenvalue weighted by molar-refractivity contribution is -0.148. The number of aliphatic carboxylic acids is 1. The first-order valence-electron chi connectivity index (χ1n) is 6.68. The lowest BCUT2D eigenvalue weighted by Crippen LogP contribution is -2.44. The minimum Gasteiger partial charge on any atom is -0.481 e. The van der Waals surface area contributed by atoms with Gasteiger partial charge in [0.25, 0.3) is 0 Å². The molecule has 98 valence electrons. The number of rotatable bonds is 3. The van der Waals surface area contributed by atoms with E-state index in [0.29, 0.717) is 11.3 Å². The van der Waals surface area contributed by atoms with Crippen LogP contribution in [0.5, 0.6) is 0 Å². The Hall–Kier alpha value is -0.220. The number of nitrogens with zero attached hydrogens (tertiary/aromatic N) is 1. The number of hydrogen-bond donors (Lipinski definition) is 1. The number of carboxylic acid groups (broad SMARTS) is 1. The van der Waals surface area contributed by atoms with E-state index in [4.69, 9.17) is 0 Å². The predicted molar refractivity (Wildman–Crippen MR) is 71.5 cm³/mol. The zero-order valence-corrected chi connectivity index (χ0v) is 11.6. The third kappa shape index (κ3) is 2.48. The molecule has 2 heterocycles. The Bertz CT molecular complexity index is 297. The Morgan fingerprint density at radius 3 is 2.88 bits per heavy atom. The molecule has 3 atom stereocenters. The smallest absolute Gasteiger partial charge is 0.310 e. The Morgan fingerprint density at radius 1 is 1.59 bits per heavy atom. The molecule has 0 aromatic carbocycles. The molecular weight excluding hydrogens is 234 g/mol. The predicted octanol–water partition coefficient (Wildman–Crippen LogP) is 2.46. The van der Waals surface area contributed by atoms with E-state index in [0.717, 1.165) is 25.9 Å². The summed E-state index contributed by atoms with van der Waals surface area (Å²) in [5, 5.41) is 10.1. The molecule has 3 nitrogen and oxygen atoms in total. The fourth-order valence-electron chi connectivity index (χ4n) is 3.19. The highest BCUT2D eigenvalue weighted by Crippen LogP contribution is 2.39. The van der Waals surface area contributed by atoms with Gasteiger partial charge in [-0.25, -0.2) is 0 Å².